The summed E-state index contributed by atoms with van der Waals surface area (Å²) in [5.74, 6) is -0.457. The highest BCUT2D eigenvalue weighted by Crippen LogP contribution is 2.23. The highest BCUT2D eigenvalue weighted by molar-refractivity contribution is 6.32. The summed E-state index contributed by atoms with van der Waals surface area (Å²) in [6, 6.07) is 11.9. The Hall–Kier alpha value is -2.33. The number of aromatic hydroxyl groups is 1. The van der Waals surface area contributed by atoms with Gasteiger partial charge < -0.3 is 5.11 Å². The van der Waals surface area contributed by atoms with Crippen molar-refractivity contribution >= 4 is 23.7 Å². The van der Waals surface area contributed by atoms with Gasteiger partial charge in [0.05, 0.1) is 11.2 Å². The van der Waals surface area contributed by atoms with Crippen LogP contribution < -0.4 is 5.43 Å². The molecule has 4 nitrogen and oxygen atoms in total. The average Bonchev–Trinajstić information content (AvgIpc) is 2.44. The van der Waals surface area contributed by atoms with Crippen LogP contribution in [0.2, 0.25) is 5.02 Å². The van der Waals surface area contributed by atoms with Crippen molar-refractivity contribution in [3.05, 3.63) is 64.2 Å². The highest BCUT2D eigenvalue weighted by Gasteiger charge is 2.07. The van der Waals surface area contributed by atoms with Crippen molar-refractivity contribution in [2.75, 3.05) is 0 Å². The van der Waals surface area contributed by atoms with Crippen molar-refractivity contribution in [3.63, 3.8) is 0 Å². The normalized spacial score (nSPS) is 10.7. The zero-order chi connectivity index (χ0) is 14.5. The lowest BCUT2D eigenvalue weighted by Gasteiger charge is -2.02. The maximum atomic E-state index is 11.8. The third kappa shape index (κ3) is 3.59. The maximum absolute atomic E-state index is 11.8. The Morgan fingerprint density at radius 2 is 1.95 bits per heavy atom. The number of benzene rings is 2. The summed E-state index contributed by atoms with van der Waals surface area (Å²) >= 11 is 5.73. The smallest absolute Gasteiger partial charge is 0.271 e. The van der Waals surface area contributed by atoms with Crippen LogP contribution in [0.15, 0.2) is 47.6 Å². The van der Waals surface area contributed by atoms with Crippen LogP contribution in [-0.4, -0.2) is 17.2 Å². The number of halogens is 1. The zero-order valence-corrected chi connectivity index (χ0v) is 11.6. The number of hydrogen-bond acceptors (Lipinski definition) is 3. The summed E-state index contributed by atoms with van der Waals surface area (Å²) in [7, 11) is 0. The van der Waals surface area contributed by atoms with Gasteiger partial charge in [0.1, 0.15) is 5.75 Å². The lowest BCUT2D eigenvalue weighted by atomic mass is 10.2. The van der Waals surface area contributed by atoms with Crippen LogP contribution in [0.5, 0.6) is 5.75 Å². The molecular formula is C15H13ClN2O2. The van der Waals surface area contributed by atoms with Gasteiger partial charge in [-0.3, -0.25) is 4.79 Å². The molecule has 0 saturated heterocycles. The molecular weight excluding hydrogens is 276 g/mol. The summed E-state index contributed by atoms with van der Waals surface area (Å²) in [5.41, 5.74) is 4.77. The second-order valence-electron chi connectivity index (χ2n) is 4.28. The van der Waals surface area contributed by atoms with Crippen LogP contribution in [0.1, 0.15) is 21.5 Å². The number of amides is 1. The van der Waals surface area contributed by atoms with Crippen molar-refractivity contribution in [1.82, 2.24) is 5.43 Å². The van der Waals surface area contributed by atoms with E-state index < -0.39 is 5.91 Å². The number of phenolic OH excluding ortho intramolecular Hbond substituents is 1. The molecule has 20 heavy (non-hydrogen) atoms. The first-order valence-corrected chi connectivity index (χ1v) is 6.32. The molecule has 2 rings (SSSR count). The molecule has 1 amide bonds. The summed E-state index contributed by atoms with van der Waals surface area (Å²) < 4.78 is 0. The second kappa shape index (κ2) is 6.21. The highest BCUT2D eigenvalue weighted by atomic mass is 35.5. The van der Waals surface area contributed by atoms with Gasteiger partial charge >= 0.3 is 0 Å². The fourth-order valence-electron chi connectivity index (χ4n) is 1.53. The van der Waals surface area contributed by atoms with Gasteiger partial charge in [-0.25, -0.2) is 5.43 Å². The molecule has 0 fully saturated rings. The largest absolute Gasteiger partial charge is 0.506 e. The lowest BCUT2D eigenvalue weighted by Crippen LogP contribution is -2.17. The van der Waals surface area contributed by atoms with Crippen LogP contribution in [0, 0.1) is 6.92 Å². The van der Waals surface area contributed by atoms with Crippen LogP contribution in [0.25, 0.3) is 0 Å². The van der Waals surface area contributed by atoms with Gasteiger partial charge in [-0.05, 0) is 30.7 Å². The van der Waals surface area contributed by atoms with Crippen LogP contribution in [0.4, 0.5) is 0 Å². The Kier molecular flexibility index (Phi) is 4.38. The average molecular weight is 289 g/mol. The molecule has 0 atom stereocenters. The third-order valence-corrected chi connectivity index (χ3v) is 2.97. The molecule has 5 heteroatoms. The first kappa shape index (κ1) is 14.1. The van der Waals surface area contributed by atoms with E-state index in [1.54, 1.807) is 6.21 Å². The van der Waals surface area contributed by atoms with E-state index in [1.807, 2.05) is 31.2 Å². The van der Waals surface area contributed by atoms with E-state index in [9.17, 15) is 9.90 Å². The number of rotatable bonds is 3. The maximum Gasteiger partial charge on any atom is 0.271 e. The summed E-state index contributed by atoms with van der Waals surface area (Å²) in [6.07, 6.45) is 1.55. The number of nitrogens with one attached hydrogen (secondary N) is 1. The van der Waals surface area contributed by atoms with E-state index >= 15 is 0 Å². The van der Waals surface area contributed by atoms with Crippen molar-refractivity contribution in [3.8, 4) is 5.75 Å². The number of aryl methyl sites for hydroxylation is 1. The molecule has 0 saturated carbocycles. The Morgan fingerprint density at radius 1 is 1.25 bits per heavy atom. The molecule has 0 aliphatic heterocycles. The molecule has 0 unspecified atom stereocenters. The van der Waals surface area contributed by atoms with Crippen molar-refractivity contribution < 1.29 is 9.90 Å². The van der Waals surface area contributed by atoms with E-state index in [0.717, 1.165) is 11.1 Å². The van der Waals surface area contributed by atoms with Gasteiger partial charge in [0.25, 0.3) is 5.91 Å². The number of carbonyl (C=O) groups is 1. The summed E-state index contributed by atoms with van der Waals surface area (Å²) in [4.78, 5) is 11.8. The molecule has 2 aromatic carbocycles. The first-order valence-electron chi connectivity index (χ1n) is 5.95. The predicted molar refractivity (Wildman–Crippen MR) is 79.4 cm³/mol. The van der Waals surface area contributed by atoms with Crippen molar-refractivity contribution in [1.29, 1.82) is 0 Å². The van der Waals surface area contributed by atoms with E-state index in [0.29, 0.717) is 5.56 Å². The topological polar surface area (TPSA) is 61.7 Å². The molecule has 0 radical (unpaired) electrons. The second-order valence-corrected chi connectivity index (χ2v) is 4.68. The van der Waals surface area contributed by atoms with Gasteiger partial charge in [-0.1, -0.05) is 41.4 Å². The minimum Gasteiger partial charge on any atom is -0.506 e. The summed E-state index contributed by atoms with van der Waals surface area (Å²) in [6.45, 7) is 2.00. The van der Waals surface area contributed by atoms with Gasteiger partial charge in [-0.2, -0.15) is 5.10 Å². The molecule has 102 valence electrons. The van der Waals surface area contributed by atoms with Gasteiger partial charge in [-0.15, -0.1) is 0 Å². The first-order chi connectivity index (χ1) is 9.56. The Morgan fingerprint density at radius 3 is 2.60 bits per heavy atom. The van der Waals surface area contributed by atoms with Crippen LogP contribution >= 0.6 is 11.6 Å². The van der Waals surface area contributed by atoms with E-state index in [2.05, 4.69) is 10.5 Å². The molecule has 2 aromatic rings. The third-order valence-electron chi connectivity index (χ3n) is 2.67. The van der Waals surface area contributed by atoms with Gasteiger partial charge in [0, 0.05) is 5.56 Å². The Bertz CT molecular complexity index is 651. The standard InChI is InChI=1S/C15H13ClN2O2/c1-10-2-4-11(5-3-10)9-17-18-15(20)12-6-7-14(19)13(16)8-12/h2-9,19H,1H3,(H,18,20)/b17-9-. The van der Waals surface area contributed by atoms with E-state index in [1.165, 1.54) is 18.2 Å². The van der Waals surface area contributed by atoms with E-state index in [4.69, 9.17) is 11.6 Å². The monoisotopic (exact) mass is 288 g/mol. The van der Waals surface area contributed by atoms with Crippen molar-refractivity contribution in [2.45, 2.75) is 6.92 Å². The Balaban J connectivity index is 2.01. The minimum atomic E-state index is -0.393. The quantitative estimate of drug-likeness (QED) is 0.673. The molecule has 0 heterocycles. The van der Waals surface area contributed by atoms with Gasteiger partial charge in [0.2, 0.25) is 0 Å². The van der Waals surface area contributed by atoms with Gasteiger partial charge in [0.15, 0.2) is 0 Å². The Labute approximate surface area is 121 Å². The van der Waals surface area contributed by atoms with E-state index in [-0.39, 0.29) is 10.8 Å². The number of phenols is 1. The van der Waals surface area contributed by atoms with Crippen molar-refractivity contribution in [2.24, 2.45) is 5.10 Å². The predicted octanol–water partition coefficient (Wildman–Crippen LogP) is 3.12. The molecule has 0 spiro atoms. The molecule has 0 bridgehead atoms. The number of hydrogen-bond donors (Lipinski definition) is 2. The molecule has 0 aromatic heterocycles. The minimum absolute atomic E-state index is 0.0635. The number of hydrazone groups is 1. The molecule has 2 N–H and O–H groups in total. The van der Waals surface area contributed by atoms with Crippen LogP contribution in [-0.2, 0) is 0 Å². The fourth-order valence-corrected chi connectivity index (χ4v) is 1.71. The zero-order valence-electron chi connectivity index (χ0n) is 10.8. The summed E-state index contributed by atoms with van der Waals surface area (Å²) in [5, 5.41) is 13.3. The number of nitrogens with zero attached hydrogens (tertiary/aromatic N) is 1. The van der Waals surface area contributed by atoms with Crippen LogP contribution in [0.3, 0.4) is 0 Å². The fraction of sp³-hybridized carbons (Fsp3) is 0.0667. The molecule has 0 aliphatic rings. The lowest BCUT2D eigenvalue weighted by molar-refractivity contribution is 0.0955. The SMILES string of the molecule is Cc1ccc(/C=N\NC(=O)c2ccc(O)c(Cl)c2)cc1. The number of carbonyl (C=O) groups excluding carboxylic acids is 1. The molecule has 0 aliphatic carbocycles.